The van der Waals surface area contributed by atoms with Gasteiger partial charge in [0, 0.05) is 11.0 Å². The molecule has 37 heavy (non-hydrogen) atoms. The maximum absolute atomic E-state index is 12.4. The Labute approximate surface area is 225 Å². The Morgan fingerprint density at radius 2 is 1.30 bits per heavy atom. The average Bonchev–Trinajstić information content (AvgIpc) is 2.81. The Morgan fingerprint density at radius 1 is 0.730 bits per heavy atom. The van der Waals surface area contributed by atoms with E-state index in [1.807, 2.05) is 0 Å². The van der Waals surface area contributed by atoms with E-state index >= 15 is 0 Å². The predicted molar refractivity (Wildman–Crippen MR) is 150 cm³/mol. The number of ether oxygens (including phenoxy) is 4. The number of alkyl carbamates (subject to hydrolysis) is 1. The van der Waals surface area contributed by atoms with E-state index in [0.717, 1.165) is 64.2 Å². The summed E-state index contributed by atoms with van der Waals surface area (Å²) in [6.45, 7) is 23.7. The van der Waals surface area contributed by atoms with Gasteiger partial charge < -0.3 is 24.3 Å². The monoisotopic (exact) mass is 521 g/mol. The lowest BCUT2D eigenvalue weighted by Gasteiger charge is -2.33. The molecule has 0 rings (SSSR count). The summed E-state index contributed by atoms with van der Waals surface area (Å²) in [5, 5.41) is 2.64. The van der Waals surface area contributed by atoms with Gasteiger partial charge in [-0.25, -0.2) is 9.59 Å². The fourth-order valence-corrected chi connectivity index (χ4v) is 3.75. The zero-order chi connectivity index (χ0) is 28.1. The fourth-order valence-electron chi connectivity index (χ4n) is 3.75. The molecule has 7 heteroatoms. The van der Waals surface area contributed by atoms with Gasteiger partial charge in [-0.15, -0.1) is 13.2 Å². The van der Waals surface area contributed by atoms with Crippen LogP contribution >= 0.6 is 0 Å². The SMILES string of the molecule is C=C(C)CCCCCC(CCCCCC(=C)C)(COCOC(=C)C)COC(=O)NCCOC(=O)C(=C)C. The number of carbonyl (C=O) groups excluding carboxylic acids is 2. The molecule has 0 saturated carbocycles. The molecule has 212 valence electrons. The highest BCUT2D eigenvalue weighted by molar-refractivity contribution is 5.86. The lowest BCUT2D eigenvalue weighted by molar-refractivity contribution is -0.138. The highest BCUT2D eigenvalue weighted by Gasteiger charge is 2.32. The number of rotatable bonds is 23. The molecule has 0 aromatic rings. The molecule has 0 aliphatic heterocycles. The third-order valence-electron chi connectivity index (χ3n) is 5.88. The van der Waals surface area contributed by atoms with E-state index in [-0.39, 0.29) is 32.0 Å². The van der Waals surface area contributed by atoms with Gasteiger partial charge in [-0.2, -0.15) is 0 Å². The van der Waals surface area contributed by atoms with Crippen LogP contribution in [-0.4, -0.2) is 45.2 Å². The molecule has 0 bridgehead atoms. The Bertz CT molecular complexity index is 718. The number of allylic oxidation sites excluding steroid dienone is 3. The third-order valence-corrected chi connectivity index (χ3v) is 5.88. The van der Waals surface area contributed by atoms with Gasteiger partial charge in [-0.3, -0.25) is 0 Å². The molecule has 0 aliphatic rings. The Morgan fingerprint density at radius 3 is 1.78 bits per heavy atom. The van der Waals surface area contributed by atoms with Gasteiger partial charge >= 0.3 is 12.1 Å². The normalized spacial score (nSPS) is 10.9. The summed E-state index contributed by atoms with van der Waals surface area (Å²) in [5.74, 6) is 0.106. The minimum Gasteiger partial charge on any atom is -0.473 e. The van der Waals surface area contributed by atoms with Gasteiger partial charge in [0.2, 0.25) is 0 Å². The standard InChI is InChI=1S/C30H51NO6/c1-24(2)15-11-9-13-17-30(21-34-23-37-27(7)8,18-14-10-12-16-25(3)4)22-36-29(33)31-19-20-35-28(32)26(5)6/h1,3,5,7,9-23H2,2,4,6,8H3,(H,31,33). The van der Waals surface area contributed by atoms with Crippen LogP contribution in [0.5, 0.6) is 0 Å². The van der Waals surface area contributed by atoms with Crippen LogP contribution in [0.15, 0.2) is 48.8 Å². The summed E-state index contributed by atoms with van der Waals surface area (Å²) in [7, 11) is 0. The van der Waals surface area contributed by atoms with Crippen molar-refractivity contribution < 1.29 is 28.5 Å². The fraction of sp³-hybridized carbons (Fsp3) is 0.667. The minimum atomic E-state index is -0.543. The molecule has 0 aromatic carbocycles. The van der Waals surface area contributed by atoms with Crippen LogP contribution in [0.25, 0.3) is 0 Å². The molecule has 0 aromatic heterocycles. The van der Waals surface area contributed by atoms with E-state index in [9.17, 15) is 9.59 Å². The Kier molecular flexibility index (Phi) is 19.1. The average molecular weight is 522 g/mol. The van der Waals surface area contributed by atoms with Crippen LogP contribution in [0.2, 0.25) is 0 Å². The molecule has 0 atom stereocenters. The van der Waals surface area contributed by atoms with E-state index in [2.05, 4.69) is 45.5 Å². The second-order valence-electron chi connectivity index (χ2n) is 10.3. The molecule has 0 saturated heterocycles. The van der Waals surface area contributed by atoms with Crippen molar-refractivity contribution in [2.24, 2.45) is 5.41 Å². The summed E-state index contributed by atoms with van der Waals surface area (Å²) in [6.07, 6.45) is 9.59. The van der Waals surface area contributed by atoms with Crippen molar-refractivity contribution in [3.63, 3.8) is 0 Å². The number of carbonyl (C=O) groups is 2. The summed E-state index contributed by atoms with van der Waals surface area (Å²) in [4.78, 5) is 23.9. The van der Waals surface area contributed by atoms with Crippen LogP contribution in [0.1, 0.15) is 91.9 Å². The minimum absolute atomic E-state index is 0.0543. The smallest absolute Gasteiger partial charge is 0.407 e. The second kappa shape index (κ2) is 20.5. The molecule has 0 radical (unpaired) electrons. The molecule has 0 heterocycles. The van der Waals surface area contributed by atoms with E-state index in [1.165, 1.54) is 11.1 Å². The van der Waals surface area contributed by atoms with Crippen LogP contribution in [0.4, 0.5) is 4.79 Å². The van der Waals surface area contributed by atoms with Crippen LogP contribution in [-0.2, 0) is 23.7 Å². The molecule has 7 nitrogen and oxygen atoms in total. The molecule has 1 N–H and O–H groups in total. The van der Waals surface area contributed by atoms with E-state index < -0.39 is 12.1 Å². The highest BCUT2D eigenvalue weighted by Crippen LogP contribution is 2.33. The van der Waals surface area contributed by atoms with Crippen molar-refractivity contribution in [2.45, 2.75) is 91.9 Å². The van der Waals surface area contributed by atoms with Gasteiger partial charge in [-0.1, -0.05) is 50.0 Å². The van der Waals surface area contributed by atoms with Gasteiger partial charge in [0.05, 0.1) is 18.9 Å². The molecule has 0 fully saturated rings. The molecule has 0 spiro atoms. The number of hydrogen-bond donors (Lipinski definition) is 1. The van der Waals surface area contributed by atoms with E-state index in [0.29, 0.717) is 17.9 Å². The lowest BCUT2D eigenvalue weighted by Crippen LogP contribution is -2.37. The topological polar surface area (TPSA) is 83.1 Å². The zero-order valence-electron chi connectivity index (χ0n) is 23.9. The predicted octanol–water partition coefficient (Wildman–Crippen LogP) is 7.40. The molecule has 0 unspecified atom stereocenters. The maximum Gasteiger partial charge on any atom is 0.407 e. The first-order valence-corrected chi connectivity index (χ1v) is 13.4. The van der Waals surface area contributed by atoms with Gasteiger partial charge in [0.25, 0.3) is 0 Å². The van der Waals surface area contributed by atoms with Crippen molar-refractivity contribution in [2.75, 3.05) is 33.2 Å². The van der Waals surface area contributed by atoms with Crippen LogP contribution in [0.3, 0.4) is 0 Å². The Balaban J connectivity index is 5.10. The maximum atomic E-state index is 12.4. The van der Waals surface area contributed by atoms with Gasteiger partial charge in [-0.05, 0) is 66.2 Å². The summed E-state index contributed by atoms with van der Waals surface area (Å²) in [6, 6.07) is 0. The van der Waals surface area contributed by atoms with Crippen molar-refractivity contribution in [3.8, 4) is 0 Å². The number of hydrogen-bond acceptors (Lipinski definition) is 6. The number of unbranched alkanes of at least 4 members (excludes halogenated alkanes) is 4. The second-order valence-corrected chi connectivity index (χ2v) is 10.3. The number of nitrogens with one attached hydrogen (secondary N) is 1. The quantitative estimate of drug-likeness (QED) is 0.0377. The number of esters is 1. The zero-order valence-corrected chi connectivity index (χ0v) is 23.9. The van der Waals surface area contributed by atoms with Gasteiger partial charge in [0.1, 0.15) is 13.2 Å². The summed E-state index contributed by atoms with van der Waals surface area (Å²) in [5.41, 5.74) is 2.37. The summed E-state index contributed by atoms with van der Waals surface area (Å²) < 4.78 is 22.0. The van der Waals surface area contributed by atoms with Crippen molar-refractivity contribution in [3.05, 3.63) is 48.8 Å². The third kappa shape index (κ3) is 20.2. The number of amides is 1. The highest BCUT2D eigenvalue weighted by atomic mass is 16.7. The van der Waals surface area contributed by atoms with Crippen molar-refractivity contribution in [1.29, 1.82) is 0 Å². The molecular weight excluding hydrogens is 470 g/mol. The first-order chi connectivity index (χ1) is 17.5. The van der Waals surface area contributed by atoms with Crippen LogP contribution in [0, 0.1) is 5.41 Å². The lowest BCUT2D eigenvalue weighted by atomic mass is 9.79. The molecular formula is C30H51NO6. The Hall–Kier alpha value is -2.54. The summed E-state index contributed by atoms with van der Waals surface area (Å²) >= 11 is 0. The van der Waals surface area contributed by atoms with Crippen molar-refractivity contribution in [1.82, 2.24) is 5.32 Å². The first kappa shape index (κ1) is 34.5. The van der Waals surface area contributed by atoms with E-state index in [4.69, 9.17) is 18.9 Å². The van der Waals surface area contributed by atoms with Crippen LogP contribution < -0.4 is 5.32 Å². The molecule has 1 amide bonds. The largest absolute Gasteiger partial charge is 0.473 e. The molecule has 0 aliphatic carbocycles. The van der Waals surface area contributed by atoms with E-state index in [1.54, 1.807) is 13.8 Å². The first-order valence-electron chi connectivity index (χ1n) is 13.4. The van der Waals surface area contributed by atoms with Gasteiger partial charge in [0.15, 0.2) is 6.79 Å². The van der Waals surface area contributed by atoms with Crippen molar-refractivity contribution >= 4 is 12.1 Å².